The molecule has 1 aliphatic heterocycles. The summed E-state index contributed by atoms with van der Waals surface area (Å²) in [4.78, 5) is 27.1. The highest BCUT2D eigenvalue weighted by Crippen LogP contribution is 2.36. The first-order chi connectivity index (χ1) is 16.7. The summed E-state index contributed by atoms with van der Waals surface area (Å²) in [6.45, 7) is 2.56. The lowest BCUT2D eigenvalue weighted by molar-refractivity contribution is -0.137. The Hall–Kier alpha value is -3.86. The fourth-order valence-electron chi connectivity index (χ4n) is 3.69. The summed E-state index contributed by atoms with van der Waals surface area (Å²) in [5.74, 6) is -1.42. The Morgan fingerprint density at radius 2 is 1.83 bits per heavy atom. The third-order valence-corrected chi connectivity index (χ3v) is 5.40. The van der Waals surface area contributed by atoms with Crippen molar-refractivity contribution in [2.75, 3.05) is 43.1 Å². The van der Waals surface area contributed by atoms with Crippen LogP contribution in [0.3, 0.4) is 0 Å². The molecule has 1 saturated heterocycles. The molecule has 0 unspecified atom stereocenters. The molecule has 8 nitrogen and oxygen atoms in total. The Bertz CT molecular complexity index is 1200. The number of halogens is 3. The Kier molecular flexibility index (Phi) is 7.06. The largest absolute Gasteiger partial charge is 0.452 e. The number of aromatic nitrogens is 1. The monoisotopic (exact) mass is 489 g/mol. The molecular formula is C24H22F3N3O5. The number of aryl methyl sites for hydroxylation is 1. The summed E-state index contributed by atoms with van der Waals surface area (Å²) < 4.78 is 55.4. The van der Waals surface area contributed by atoms with Gasteiger partial charge in [-0.25, -0.2) is 4.79 Å². The summed E-state index contributed by atoms with van der Waals surface area (Å²) in [6.07, 6.45) is -4.59. The van der Waals surface area contributed by atoms with Crippen molar-refractivity contribution < 1.29 is 36.8 Å². The van der Waals surface area contributed by atoms with Crippen molar-refractivity contribution in [3.8, 4) is 11.3 Å². The van der Waals surface area contributed by atoms with E-state index in [0.29, 0.717) is 37.6 Å². The second-order valence-corrected chi connectivity index (χ2v) is 7.78. The van der Waals surface area contributed by atoms with Gasteiger partial charge in [0.25, 0.3) is 5.91 Å². The molecule has 0 radical (unpaired) electrons. The predicted octanol–water partition coefficient (Wildman–Crippen LogP) is 4.30. The minimum Gasteiger partial charge on any atom is -0.452 e. The van der Waals surface area contributed by atoms with Gasteiger partial charge >= 0.3 is 12.1 Å². The van der Waals surface area contributed by atoms with E-state index < -0.39 is 30.2 Å². The summed E-state index contributed by atoms with van der Waals surface area (Å²) in [5, 5.41) is 6.34. The van der Waals surface area contributed by atoms with Crippen molar-refractivity contribution in [3.05, 3.63) is 65.4 Å². The number of anilines is 2. The summed E-state index contributed by atoms with van der Waals surface area (Å²) in [5.41, 5.74) is 0.434. The normalized spacial score (nSPS) is 14.0. The first kappa shape index (κ1) is 24.3. The Labute approximate surface area is 198 Å². The number of nitrogens with zero attached hydrogens (tertiary/aromatic N) is 2. The summed E-state index contributed by atoms with van der Waals surface area (Å²) in [7, 11) is 0. The van der Waals surface area contributed by atoms with Crippen LogP contribution in [-0.4, -0.2) is 49.9 Å². The van der Waals surface area contributed by atoms with Crippen LogP contribution in [0.4, 0.5) is 24.5 Å². The number of rotatable bonds is 6. The maximum absolute atomic E-state index is 13.3. The van der Waals surface area contributed by atoms with E-state index in [2.05, 4.69) is 10.5 Å². The summed E-state index contributed by atoms with van der Waals surface area (Å²) >= 11 is 0. The van der Waals surface area contributed by atoms with Crippen LogP contribution in [0.25, 0.3) is 11.3 Å². The molecule has 0 aliphatic carbocycles. The number of hydrogen-bond donors (Lipinski definition) is 1. The molecule has 1 aliphatic rings. The average molecular weight is 489 g/mol. The maximum Gasteiger partial charge on any atom is 0.416 e. The van der Waals surface area contributed by atoms with Crippen LogP contribution in [0, 0.1) is 6.92 Å². The highest BCUT2D eigenvalue weighted by molar-refractivity contribution is 6.00. The Morgan fingerprint density at radius 3 is 2.51 bits per heavy atom. The molecule has 2 aromatic carbocycles. The Balaban J connectivity index is 1.49. The minimum absolute atomic E-state index is 0.0334. The third kappa shape index (κ3) is 5.62. The van der Waals surface area contributed by atoms with E-state index in [9.17, 15) is 22.8 Å². The zero-order valence-corrected chi connectivity index (χ0v) is 18.7. The van der Waals surface area contributed by atoms with Crippen molar-refractivity contribution in [2.45, 2.75) is 13.1 Å². The van der Waals surface area contributed by atoms with Crippen molar-refractivity contribution in [1.29, 1.82) is 0 Å². The zero-order chi connectivity index (χ0) is 25.0. The molecule has 0 atom stereocenters. The minimum atomic E-state index is -4.59. The van der Waals surface area contributed by atoms with Gasteiger partial charge in [0.1, 0.15) is 17.0 Å². The lowest BCUT2D eigenvalue weighted by Gasteiger charge is -2.31. The van der Waals surface area contributed by atoms with Gasteiger partial charge in [-0.3, -0.25) is 4.79 Å². The van der Waals surface area contributed by atoms with E-state index in [1.165, 1.54) is 13.0 Å². The molecule has 35 heavy (non-hydrogen) atoms. The molecule has 1 aromatic heterocycles. The number of alkyl halides is 3. The van der Waals surface area contributed by atoms with Crippen molar-refractivity contribution in [1.82, 2.24) is 5.16 Å². The SMILES string of the molecule is Cc1onc(-c2ccccc2)c1C(=O)OCC(=O)Nc1cc(C(F)(F)F)ccc1N1CCOCC1. The standard InChI is InChI=1S/C24H22F3N3O5/c1-15-21(22(29-35-15)16-5-3-2-4-6-16)23(32)34-14-20(31)28-18-13-17(24(25,26)27)7-8-19(18)30-9-11-33-12-10-30/h2-8,13H,9-12,14H2,1H3,(H,28,31). The van der Waals surface area contributed by atoms with Gasteiger partial charge in [-0.15, -0.1) is 0 Å². The van der Waals surface area contributed by atoms with Crippen LogP contribution in [0.1, 0.15) is 21.7 Å². The highest BCUT2D eigenvalue weighted by atomic mass is 19.4. The number of esters is 1. The molecule has 1 amide bonds. The average Bonchev–Trinajstić information content (AvgIpc) is 3.24. The van der Waals surface area contributed by atoms with Gasteiger partial charge < -0.3 is 24.2 Å². The van der Waals surface area contributed by atoms with Crippen LogP contribution in [0.2, 0.25) is 0 Å². The number of morpholine rings is 1. The van der Waals surface area contributed by atoms with Crippen LogP contribution >= 0.6 is 0 Å². The van der Waals surface area contributed by atoms with E-state index in [0.717, 1.165) is 12.1 Å². The van der Waals surface area contributed by atoms with Crippen molar-refractivity contribution in [3.63, 3.8) is 0 Å². The predicted molar refractivity (Wildman–Crippen MR) is 120 cm³/mol. The maximum atomic E-state index is 13.3. The Morgan fingerprint density at radius 1 is 1.11 bits per heavy atom. The molecule has 11 heteroatoms. The molecule has 0 bridgehead atoms. The van der Waals surface area contributed by atoms with Crippen LogP contribution < -0.4 is 10.2 Å². The first-order valence-electron chi connectivity index (χ1n) is 10.8. The van der Waals surface area contributed by atoms with Crippen LogP contribution in [0.5, 0.6) is 0 Å². The number of nitrogens with one attached hydrogen (secondary N) is 1. The second kappa shape index (κ2) is 10.2. The van der Waals surface area contributed by atoms with Gasteiger partial charge in [0.2, 0.25) is 0 Å². The van der Waals surface area contributed by atoms with Gasteiger partial charge in [0.05, 0.1) is 30.2 Å². The van der Waals surface area contributed by atoms with Crippen LogP contribution in [-0.2, 0) is 20.4 Å². The number of carbonyl (C=O) groups excluding carboxylic acids is 2. The van der Waals surface area contributed by atoms with Gasteiger partial charge in [0, 0.05) is 18.7 Å². The molecule has 0 saturated carbocycles. The van der Waals surface area contributed by atoms with Crippen molar-refractivity contribution in [2.24, 2.45) is 0 Å². The molecule has 1 N–H and O–H groups in total. The molecule has 184 valence electrons. The van der Waals surface area contributed by atoms with Gasteiger partial charge in [-0.05, 0) is 25.1 Å². The fraction of sp³-hybridized carbons (Fsp3) is 0.292. The first-order valence-corrected chi connectivity index (χ1v) is 10.8. The lowest BCUT2D eigenvalue weighted by atomic mass is 10.1. The molecule has 1 fully saturated rings. The zero-order valence-electron chi connectivity index (χ0n) is 18.7. The van der Waals surface area contributed by atoms with Gasteiger partial charge in [-0.2, -0.15) is 13.2 Å². The summed E-state index contributed by atoms with van der Waals surface area (Å²) in [6, 6.07) is 11.9. The van der Waals surface area contributed by atoms with E-state index >= 15 is 0 Å². The fourth-order valence-corrected chi connectivity index (χ4v) is 3.69. The van der Waals surface area contributed by atoms with E-state index in [1.807, 2.05) is 4.90 Å². The van der Waals surface area contributed by atoms with E-state index in [1.54, 1.807) is 30.3 Å². The van der Waals surface area contributed by atoms with Crippen molar-refractivity contribution >= 4 is 23.3 Å². The van der Waals surface area contributed by atoms with E-state index in [-0.39, 0.29) is 22.7 Å². The molecule has 0 spiro atoms. The number of benzene rings is 2. The lowest BCUT2D eigenvalue weighted by Crippen LogP contribution is -2.37. The number of carbonyl (C=O) groups is 2. The molecule has 2 heterocycles. The quantitative estimate of drug-likeness (QED) is 0.516. The van der Waals surface area contributed by atoms with Crippen LogP contribution in [0.15, 0.2) is 53.1 Å². The smallest absolute Gasteiger partial charge is 0.416 e. The van der Waals surface area contributed by atoms with Gasteiger partial charge in [-0.1, -0.05) is 35.5 Å². The molecule has 3 aromatic rings. The third-order valence-electron chi connectivity index (χ3n) is 5.40. The number of hydrogen-bond acceptors (Lipinski definition) is 7. The number of amides is 1. The second-order valence-electron chi connectivity index (χ2n) is 7.78. The van der Waals surface area contributed by atoms with Gasteiger partial charge in [0.15, 0.2) is 6.61 Å². The van der Waals surface area contributed by atoms with E-state index in [4.69, 9.17) is 14.0 Å². The highest BCUT2D eigenvalue weighted by Gasteiger charge is 2.32. The molecule has 4 rings (SSSR count). The topological polar surface area (TPSA) is 93.9 Å². The molecular weight excluding hydrogens is 467 g/mol. The number of ether oxygens (including phenoxy) is 2.